The molecule has 2 heterocycles. The van der Waals surface area contributed by atoms with E-state index in [-0.39, 0.29) is 25.0 Å². The zero-order valence-electron chi connectivity index (χ0n) is 14.3. The molecule has 27 heavy (non-hydrogen) atoms. The predicted molar refractivity (Wildman–Crippen MR) is 91.6 cm³/mol. The van der Waals surface area contributed by atoms with Gasteiger partial charge in [-0.25, -0.2) is 9.07 Å². The summed E-state index contributed by atoms with van der Waals surface area (Å²) in [6, 6.07) is 4.89. The first kappa shape index (κ1) is 21.1. The largest absolute Gasteiger partial charge is 0.435 e. The summed E-state index contributed by atoms with van der Waals surface area (Å²) in [5.74, 6) is -1.75. The number of carbonyl (C=O) groups excluding carboxylic acids is 1. The molecule has 0 aliphatic carbocycles. The van der Waals surface area contributed by atoms with Crippen molar-refractivity contribution >= 4 is 18.3 Å². The third-order valence-electron chi connectivity index (χ3n) is 4.34. The van der Waals surface area contributed by atoms with Gasteiger partial charge in [0, 0.05) is 19.1 Å². The van der Waals surface area contributed by atoms with Crippen molar-refractivity contribution in [1.82, 2.24) is 25.2 Å². The standard InChI is InChI=1S/C16H17F4N5O.ClH/c1-21-10-5-4-8-24(9-10)15(26)13-14(16(18,19)20)25(23-22-13)12-7-3-2-6-11(12)17;/h2-3,6-7,10,21H,4-5,8-9H2,1H3;1H. The van der Waals surface area contributed by atoms with Crippen molar-refractivity contribution in [2.75, 3.05) is 20.1 Å². The number of rotatable bonds is 3. The third kappa shape index (κ3) is 4.22. The molecule has 2 aromatic rings. The summed E-state index contributed by atoms with van der Waals surface area (Å²) in [6.07, 6.45) is -3.43. The Morgan fingerprint density at radius 1 is 1.30 bits per heavy atom. The van der Waals surface area contributed by atoms with Crippen molar-refractivity contribution in [3.63, 3.8) is 0 Å². The molecule has 1 aromatic heterocycles. The molecule has 1 amide bonds. The molecule has 0 bridgehead atoms. The molecule has 11 heteroatoms. The molecule has 1 atom stereocenters. The van der Waals surface area contributed by atoms with Crippen LogP contribution in [0.4, 0.5) is 17.6 Å². The van der Waals surface area contributed by atoms with Crippen molar-refractivity contribution < 1.29 is 22.4 Å². The maximum atomic E-state index is 13.9. The minimum atomic E-state index is -4.92. The van der Waals surface area contributed by atoms with Gasteiger partial charge in [0.1, 0.15) is 11.5 Å². The van der Waals surface area contributed by atoms with E-state index >= 15 is 0 Å². The summed E-state index contributed by atoms with van der Waals surface area (Å²) in [5.41, 5.74) is -2.62. The molecule has 6 nitrogen and oxygen atoms in total. The van der Waals surface area contributed by atoms with Crippen LogP contribution in [0.2, 0.25) is 0 Å². The molecule has 1 aliphatic rings. The first-order valence-corrected chi connectivity index (χ1v) is 8.07. The van der Waals surface area contributed by atoms with E-state index in [1.165, 1.54) is 17.0 Å². The second-order valence-corrected chi connectivity index (χ2v) is 6.03. The number of hydrogen-bond acceptors (Lipinski definition) is 4. The SMILES string of the molecule is CNC1CCCN(C(=O)c2nnn(-c3ccccc3F)c2C(F)(F)F)C1.Cl. The molecule has 1 fully saturated rings. The first-order chi connectivity index (χ1) is 12.3. The molecular weight excluding hydrogens is 390 g/mol. The second kappa shape index (κ2) is 8.22. The van der Waals surface area contributed by atoms with Gasteiger partial charge in [-0.2, -0.15) is 13.2 Å². The Morgan fingerprint density at radius 2 is 2.00 bits per heavy atom. The zero-order chi connectivity index (χ0) is 18.9. The Hall–Kier alpha value is -2.20. The minimum Gasteiger partial charge on any atom is -0.336 e. The van der Waals surface area contributed by atoms with E-state index in [4.69, 9.17) is 0 Å². The normalized spacial score (nSPS) is 17.5. The highest BCUT2D eigenvalue weighted by Gasteiger charge is 2.43. The van der Waals surface area contributed by atoms with Crippen LogP contribution < -0.4 is 5.32 Å². The van der Waals surface area contributed by atoms with Gasteiger partial charge in [-0.05, 0) is 32.0 Å². The second-order valence-electron chi connectivity index (χ2n) is 6.03. The van der Waals surface area contributed by atoms with E-state index in [9.17, 15) is 22.4 Å². The van der Waals surface area contributed by atoms with E-state index in [1.807, 2.05) is 0 Å². The smallest absolute Gasteiger partial charge is 0.336 e. The van der Waals surface area contributed by atoms with E-state index in [0.29, 0.717) is 17.6 Å². The van der Waals surface area contributed by atoms with Crippen molar-refractivity contribution in [2.24, 2.45) is 0 Å². The van der Waals surface area contributed by atoms with Crippen LogP contribution in [0.25, 0.3) is 5.69 Å². The van der Waals surface area contributed by atoms with E-state index in [2.05, 4.69) is 15.6 Å². The number of aromatic nitrogens is 3. The summed E-state index contributed by atoms with van der Waals surface area (Å²) in [4.78, 5) is 14.0. The number of likely N-dealkylation sites (N-methyl/N-ethyl adjacent to an activating group) is 1. The summed E-state index contributed by atoms with van der Waals surface area (Å²) < 4.78 is 55.2. The van der Waals surface area contributed by atoms with Crippen molar-refractivity contribution in [3.8, 4) is 5.69 Å². The summed E-state index contributed by atoms with van der Waals surface area (Å²) >= 11 is 0. The Labute approximate surface area is 158 Å². The fourth-order valence-electron chi connectivity index (χ4n) is 3.02. The number of nitrogens with one attached hydrogen (secondary N) is 1. The number of benzene rings is 1. The number of alkyl halides is 3. The van der Waals surface area contributed by atoms with Gasteiger partial charge < -0.3 is 10.2 Å². The van der Waals surface area contributed by atoms with Gasteiger partial charge >= 0.3 is 6.18 Å². The van der Waals surface area contributed by atoms with E-state index in [1.54, 1.807) is 7.05 Å². The minimum absolute atomic E-state index is 0. The molecular formula is C16H18ClF4N5O. The Kier molecular flexibility index (Phi) is 6.42. The number of amides is 1. The molecule has 3 rings (SSSR count). The highest BCUT2D eigenvalue weighted by Crippen LogP contribution is 2.34. The van der Waals surface area contributed by atoms with Crippen LogP contribution in [-0.2, 0) is 6.18 Å². The average Bonchev–Trinajstić information content (AvgIpc) is 3.06. The zero-order valence-corrected chi connectivity index (χ0v) is 15.1. The molecule has 0 spiro atoms. The fourth-order valence-corrected chi connectivity index (χ4v) is 3.02. The average molecular weight is 408 g/mol. The Bertz CT molecular complexity index is 810. The Morgan fingerprint density at radius 3 is 2.63 bits per heavy atom. The van der Waals surface area contributed by atoms with Crippen LogP contribution in [0.5, 0.6) is 0 Å². The van der Waals surface area contributed by atoms with Crippen LogP contribution in [0.1, 0.15) is 29.0 Å². The van der Waals surface area contributed by atoms with Crippen molar-refractivity contribution in [1.29, 1.82) is 0 Å². The lowest BCUT2D eigenvalue weighted by Crippen LogP contribution is -2.47. The molecule has 1 saturated heterocycles. The van der Waals surface area contributed by atoms with Crippen LogP contribution in [0.15, 0.2) is 24.3 Å². The van der Waals surface area contributed by atoms with Crippen molar-refractivity contribution in [2.45, 2.75) is 25.1 Å². The van der Waals surface area contributed by atoms with Crippen LogP contribution in [0.3, 0.4) is 0 Å². The van der Waals surface area contributed by atoms with Crippen LogP contribution in [0, 0.1) is 5.82 Å². The van der Waals surface area contributed by atoms with E-state index < -0.39 is 35.0 Å². The van der Waals surface area contributed by atoms with Crippen molar-refractivity contribution in [3.05, 3.63) is 41.5 Å². The summed E-state index contributed by atoms with van der Waals surface area (Å²) in [6.45, 7) is 0.611. The topological polar surface area (TPSA) is 63.1 Å². The summed E-state index contributed by atoms with van der Waals surface area (Å²) in [7, 11) is 1.73. The number of carbonyl (C=O) groups is 1. The predicted octanol–water partition coefficient (Wildman–Crippen LogP) is 2.67. The summed E-state index contributed by atoms with van der Waals surface area (Å²) in [5, 5.41) is 9.87. The quantitative estimate of drug-likeness (QED) is 0.795. The number of para-hydroxylation sites is 1. The highest BCUT2D eigenvalue weighted by molar-refractivity contribution is 5.93. The molecule has 1 aliphatic heterocycles. The molecule has 0 radical (unpaired) electrons. The highest BCUT2D eigenvalue weighted by atomic mass is 35.5. The van der Waals surface area contributed by atoms with Gasteiger partial charge in [0.05, 0.1) is 0 Å². The lowest BCUT2D eigenvalue weighted by atomic mass is 10.1. The van der Waals surface area contributed by atoms with Gasteiger partial charge in [0.15, 0.2) is 11.4 Å². The van der Waals surface area contributed by atoms with Crippen LogP contribution >= 0.6 is 12.4 Å². The first-order valence-electron chi connectivity index (χ1n) is 8.07. The molecule has 1 unspecified atom stereocenters. The molecule has 1 N–H and O–H groups in total. The Balaban J connectivity index is 0.00000261. The lowest BCUT2D eigenvalue weighted by Gasteiger charge is -2.32. The van der Waals surface area contributed by atoms with Crippen LogP contribution in [-0.4, -0.2) is 52.0 Å². The van der Waals surface area contributed by atoms with Gasteiger partial charge in [0.2, 0.25) is 0 Å². The van der Waals surface area contributed by atoms with Gasteiger partial charge in [0.25, 0.3) is 5.91 Å². The fraction of sp³-hybridized carbons (Fsp3) is 0.438. The molecule has 0 saturated carbocycles. The van der Waals surface area contributed by atoms with E-state index in [0.717, 1.165) is 18.6 Å². The molecule has 1 aromatic carbocycles. The maximum absolute atomic E-state index is 13.9. The number of nitrogens with zero attached hydrogens (tertiary/aromatic N) is 4. The maximum Gasteiger partial charge on any atom is 0.435 e. The number of hydrogen-bond donors (Lipinski definition) is 1. The molecule has 148 valence electrons. The third-order valence-corrected chi connectivity index (χ3v) is 4.34. The monoisotopic (exact) mass is 407 g/mol. The number of piperidine rings is 1. The van der Waals surface area contributed by atoms with Gasteiger partial charge in [-0.1, -0.05) is 17.3 Å². The van der Waals surface area contributed by atoms with Gasteiger partial charge in [-0.3, -0.25) is 4.79 Å². The van der Waals surface area contributed by atoms with Gasteiger partial charge in [-0.15, -0.1) is 17.5 Å². The number of likely N-dealkylation sites (tertiary alicyclic amines) is 1. The number of halogens is 5. The lowest BCUT2D eigenvalue weighted by molar-refractivity contribution is -0.143.